The Hall–Kier alpha value is -3.64. The number of halogens is 1. The number of carboxylic acid groups (broad SMARTS) is 1. The number of hydrogen-bond acceptors (Lipinski definition) is 4. The lowest BCUT2D eigenvalue weighted by atomic mass is 10.1. The predicted molar refractivity (Wildman–Crippen MR) is 116 cm³/mol. The van der Waals surface area contributed by atoms with Crippen LogP contribution in [0.2, 0.25) is 5.02 Å². The molecule has 0 aliphatic carbocycles. The molecule has 4 rings (SSSR count). The Morgan fingerprint density at radius 2 is 1.93 bits per heavy atom. The van der Waals surface area contributed by atoms with Crippen LogP contribution < -0.4 is 5.01 Å². The van der Waals surface area contributed by atoms with E-state index in [0.717, 1.165) is 11.1 Å². The second-order valence-electron chi connectivity index (χ2n) is 6.88. The minimum Gasteiger partial charge on any atom is -0.478 e. The summed E-state index contributed by atoms with van der Waals surface area (Å²) in [6, 6.07) is 15.3. The van der Waals surface area contributed by atoms with E-state index in [2.05, 4.69) is 5.10 Å². The Labute approximate surface area is 177 Å². The van der Waals surface area contributed by atoms with Crippen molar-refractivity contribution in [2.75, 3.05) is 5.01 Å². The van der Waals surface area contributed by atoms with Gasteiger partial charge in [0.05, 0.1) is 22.5 Å². The lowest BCUT2D eigenvalue weighted by Crippen LogP contribution is -2.21. The van der Waals surface area contributed by atoms with Crippen molar-refractivity contribution >= 4 is 41.0 Å². The Balaban J connectivity index is 1.62. The van der Waals surface area contributed by atoms with E-state index in [0.29, 0.717) is 33.5 Å². The molecule has 0 unspecified atom stereocenters. The van der Waals surface area contributed by atoms with Gasteiger partial charge in [-0.2, -0.15) is 10.1 Å². The third-order valence-electron chi connectivity index (χ3n) is 4.77. The number of carbonyl (C=O) groups is 2. The predicted octanol–water partition coefficient (Wildman–Crippen LogP) is 5.41. The van der Waals surface area contributed by atoms with Gasteiger partial charge < -0.3 is 9.52 Å². The van der Waals surface area contributed by atoms with Crippen LogP contribution in [0.4, 0.5) is 5.69 Å². The molecule has 2 heterocycles. The van der Waals surface area contributed by atoms with Gasteiger partial charge >= 0.3 is 5.97 Å². The number of aromatic carboxylic acids is 1. The van der Waals surface area contributed by atoms with E-state index < -0.39 is 5.97 Å². The number of carbonyl (C=O) groups excluding carboxylic acids is 1. The van der Waals surface area contributed by atoms with Gasteiger partial charge in [-0.1, -0.05) is 29.8 Å². The molecule has 1 aliphatic heterocycles. The largest absolute Gasteiger partial charge is 0.478 e. The van der Waals surface area contributed by atoms with Crippen LogP contribution in [0.5, 0.6) is 0 Å². The fourth-order valence-electron chi connectivity index (χ4n) is 3.10. The maximum Gasteiger partial charge on any atom is 0.335 e. The SMILES string of the molecule is CC1=NN(c2cccc(C(=O)O)c2)C(=O)/C1=C\c1ccc(-c2ccc(C)c(Cl)c2)o1. The first-order chi connectivity index (χ1) is 14.3. The van der Waals surface area contributed by atoms with Crippen molar-refractivity contribution in [1.29, 1.82) is 0 Å². The van der Waals surface area contributed by atoms with Gasteiger partial charge in [-0.05, 0) is 61.9 Å². The number of rotatable bonds is 4. The summed E-state index contributed by atoms with van der Waals surface area (Å²) < 4.78 is 5.88. The second-order valence-corrected chi connectivity index (χ2v) is 7.29. The van der Waals surface area contributed by atoms with Crippen LogP contribution in [0.3, 0.4) is 0 Å². The minimum absolute atomic E-state index is 0.0815. The number of benzene rings is 2. The summed E-state index contributed by atoms with van der Waals surface area (Å²) in [4.78, 5) is 24.1. The average molecular weight is 421 g/mol. The maximum atomic E-state index is 12.9. The van der Waals surface area contributed by atoms with Crippen LogP contribution in [0.1, 0.15) is 28.6 Å². The molecule has 150 valence electrons. The summed E-state index contributed by atoms with van der Waals surface area (Å²) in [5.41, 5.74) is 3.17. The van der Waals surface area contributed by atoms with Gasteiger partial charge in [-0.25, -0.2) is 4.79 Å². The smallest absolute Gasteiger partial charge is 0.335 e. The van der Waals surface area contributed by atoms with Gasteiger partial charge in [0, 0.05) is 10.6 Å². The van der Waals surface area contributed by atoms with Crippen LogP contribution in [-0.2, 0) is 4.79 Å². The van der Waals surface area contributed by atoms with Crippen LogP contribution in [-0.4, -0.2) is 22.7 Å². The maximum absolute atomic E-state index is 12.9. The van der Waals surface area contributed by atoms with Gasteiger partial charge in [0.1, 0.15) is 11.5 Å². The first-order valence-corrected chi connectivity index (χ1v) is 9.53. The number of amides is 1. The summed E-state index contributed by atoms with van der Waals surface area (Å²) in [5.74, 6) is -0.291. The van der Waals surface area contributed by atoms with Crippen LogP contribution in [0.25, 0.3) is 17.4 Å². The molecule has 7 heteroatoms. The van der Waals surface area contributed by atoms with E-state index in [-0.39, 0.29) is 11.5 Å². The molecule has 0 saturated heterocycles. The van der Waals surface area contributed by atoms with Crippen molar-refractivity contribution in [3.05, 3.63) is 82.1 Å². The molecule has 6 nitrogen and oxygen atoms in total. The number of hydrazone groups is 1. The van der Waals surface area contributed by atoms with Crippen LogP contribution >= 0.6 is 11.6 Å². The highest BCUT2D eigenvalue weighted by Gasteiger charge is 2.29. The summed E-state index contributed by atoms with van der Waals surface area (Å²) in [6.45, 7) is 3.64. The molecule has 0 radical (unpaired) electrons. The molecule has 0 bridgehead atoms. The van der Waals surface area contributed by atoms with E-state index in [1.165, 1.54) is 17.1 Å². The molecule has 1 aromatic heterocycles. The van der Waals surface area contributed by atoms with Gasteiger partial charge in [-0.3, -0.25) is 4.79 Å². The summed E-state index contributed by atoms with van der Waals surface area (Å²) in [7, 11) is 0. The molecule has 0 spiro atoms. The zero-order chi connectivity index (χ0) is 21.4. The topological polar surface area (TPSA) is 83.1 Å². The number of hydrogen-bond donors (Lipinski definition) is 1. The Morgan fingerprint density at radius 1 is 1.13 bits per heavy atom. The van der Waals surface area contributed by atoms with Crippen molar-refractivity contribution in [2.24, 2.45) is 5.10 Å². The van der Waals surface area contributed by atoms with E-state index in [1.807, 2.05) is 31.2 Å². The van der Waals surface area contributed by atoms with E-state index in [1.54, 1.807) is 31.2 Å². The molecule has 1 N–H and O–H groups in total. The Kier molecular flexibility index (Phi) is 5.01. The lowest BCUT2D eigenvalue weighted by molar-refractivity contribution is -0.114. The van der Waals surface area contributed by atoms with Gasteiger partial charge in [0.25, 0.3) is 5.91 Å². The summed E-state index contributed by atoms with van der Waals surface area (Å²) >= 11 is 6.19. The fraction of sp³-hybridized carbons (Fsp3) is 0.0870. The zero-order valence-corrected chi connectivity index (χ0v) is 17.0. The van der Waals surface area contributed by atoms with Crippen molar-refractivity contribution in [2.45, 2.75) is 13.8 Å². The van der Waals surface area contributed by atoms with Crippen LogP contribution in [0, 0.1) is 6.92 Å². The zero-order valence-electron chi connectivity index (χ0n) is 16.2. The van der Waals surface area contributed by atoms with E-state index in [9.17, 15) is 14.7 Å². The molecule has 0 atom stereocenters. The molecule has 3 aromatic rings. The van der Waals surface area contributed by atoms with Gasteiger partial charge in [0.2, 0.25) is 0 Å². The third kappa shape index (κ3) is 3.65. The standard InChI is InChI=1S/C23H17ClN2O4/c1-13-6-7-15(11-20(13)24)21-9-8-18(30-21)12-19-14(2)25-26(22(19)27)17-5-3-4-16(10-17)23(28)29/h3-12H,1-2H3,(H,28,29)/b19-12-. The summed E-state index contributed by atoms with van der Waals surface area (Å²) in [6.07, 6.45) is 1.63. The van der Waals surface area contributed by atoms with Crippen molar-refractivity contribution in [1.82, 2.24) is 0 Å². The Bertz CT molecular complexity index is 1240. The highest BCUT2D eigenvalue weighted by atomic mass is 35.5. The minimum atomic E-state index is -1.07. The highest BCUT2D eigenvalue weighted by molar-refractivity contribution is 6.32. The van der Waals surface area contributed by atoms with Gasteiger partial charge in [-0.15, -0.1) is 0 Å². The third-order valence-corrected chi connectivity index (χ3v) is 5.18. The lowest BCUT2D eigenvalue weighted by Gasteiger charge is -2.12. The molecular weight excluding hydrogens is 404 g/mol. The molecular formula is C23H17ClN2O4. The molecule has 1 amide bonds. The monoisotopic (exact) mass is 420 g/mol. The number of furan rings is 1. The number of aryl methyl sites for hydroxylation is 1. The molecule has 2 aromatic carbocycles. The van der Waals surface area contributed by atoms with E-state index >= 15 is 0 Å². The quantitative estimate of drug-likeness (QED) is 0.572. The molecule has 1 aliphatic rings. The molecule has 0 saturated carbocycles. The van der Waals surface area contributed by atoms with Crippen molar-refractivity contribution in [3.8, 4) is 11.3 Å². The van der Waals surface area contributed by atoms with Crippen molar-refractivity contribution in [3.63, 3.8) is 0 Å². The normalized spacial score (nSPS) is 15.0. The first kappa shape index (κ1) is 19.7. The number of anilines is 1. The summed E-state index contributed by atoms with van der Waals surface area (Å²) in [5, 5.41) is 15.3. The number of nitrogens with zero attached hydrogens (tertiary/aromatic N) is 2. The average Bonchev–Trinajstić information content (AvgIpc) is 3.30. The second kappa shape index (κ2) is 7.65. The fourth-order valence-corrected chi connectivity index (χ4v) is 3.28. The number of carboxylic acids is 1. The van der Waals surface area contributed by atoms with E-state index in [4.69, 9.17) is 16.0 Å². The van der Waals surface area contributed by atoms with Crippen LogP contribution in [0.15, 0.2) is 69.7 Å². The first-order valence-electron chi connectivity index (χ1n) is 9.15. The molecule has 30 heavy (non-hydrogen) atoms. The van der Waals surface area contributed by atoms with Gasteiger partial charge in [0.15, 0.2) is 0 Å². The van der Waals surface area contributed by atoms with Crippen molar-refractivity contribution < 1.29 is 19.1 Å². The Morgan fingerprint density at radius 3 is 2.67 bits per heavy atom. The highest BCUT2D eigenvalue weighted by Crippen LogP contribution is 2.29. The molecule has 0 fully saturated rings.